The topological polar surface area (TPSA) is 71.9 Å². The first-order valence-corrected chi connectivity index (χ1v) is 12.5. The number of carbonyl (C=O) groups is 1. The van der Waals surface area contributed by atoms with Crippen molar-refractivity contribution in [2.75, 3.05) is 46.0 Å². The molecule has 4 rings (SSSR count). The molecule has 0 bridgehead atoms. The molecule has 0 unspecified atom stereocenters. The van der Waals surface area contributed by atoms with Gasteiger partial charge in [0.25, 0.3) is 0 Å². The molecular weight excluding hydrogens is 450 g/mol. The highest BCUT2D eigenvalue weighted by atomic mass is 32.1. The number of nitrogens with one attached hydrogen (secondary N) is 1. The lowest BCUT2D eigenvalue weighted by Gasteiger charge is -2.28. The third-order valence-corrected chi connectivity index (χ3v) is 7.05. The van der Waals surface area contributed by atoms with Gasteiger partial charge in [-0.15, -0.1) is 0 Å². The second kappa shape index (κ2) is 11.3. The molecule has 2 aromatic heterocycles. The number of nitrogens with zero attached hydrogens (tertiary/aromatic N) is 4. The highest BCUT2D eigenvalue weighted by Gasteiger charge is 2.42. The predicted octanol–water partition coefficient (Wildman–Crippen LogP) is 2.76. The predicted molar refractivity (Wildman–Crippen MR) is 135 cm³/mol. The number of carbonyl (C=O) groups excluding carboxylic acids is 1. The second-order valence-corrected chi connectivity index (χ2v) is 9.23. The van der Waals surface area contributed by atoms with E-state index in [2.05, 4.69) is 39.7 Å². The molecule has 0 aliphatic carbocycles. The lowest BCUT2D eigenvalue weighted by atomic mass is 9.97. The zero-order valence-corrected chi connectivity index (χ0v) is 21.1. The van der Waals surface area contributed by atoms with Crippen LogP contribution in [0.4, 0.5) is 0 Å². The molecule has 2 saturated heterocycles. The quantitative estimate of drug-likeness (QED) is 0.430. The van der Waals surface area contributed by atoms with Gasteiger partial charge in [0, 0.05) is 43.8 Å². The number of esters is 1. The Balaban J connectivity index is 1.59. The van der Waals surface area contributed by atoms with Crippen LogP contribution in [0, 0.1) is 13.8 Å². The van der Waals surface area contributed by atoms with Gasteiger partial charge in [-0.2, -0.15) is 0 Å². The van der Waals surface area contributed by atoms with E-state index in [4.69, 9.17) is 21.7 Å². The van der Waals surface area contributed by atoms with Crippen LogP contribution < -0.4 is 5.32 Å². The molecule has 9 heteroatoms. The summed E-state index contributed by atoms with van der Waals surface area (Å²) in [6.07, 6.45) is 2.87. The first-order chi connectivity index (χ1) is 16.5. The summed E-state index contributed by atoms with van der Waals surface area (Å²) in [5.41, 5.74) is 4.48. The van der Waals surface area contributed by atoms with Crippen LogP contribution in [0.5, 0.6) is 0 Å². The molecular formula is C25H35N5O3S. The lowest BCUT2D eigenvalue weighted by Crippen LogP contribution is -2.37. The molecule has 2 aliphatic heterocycles. The smallest absolute Gasteiger partial charge is 0.325 e. The molecule has 0 radical (unpaired) electrons. The van der Waals surface area contributed by atoms with Crippen LogP contribution in [0.25, 0.3) is 0 Å². The van der Waals surface area contributed by atoms with Crippen molar-refractivity contribution in [3.05, 3.63) is 53.1 Å². The summed E-state index contributed by atoms with van der Waals surface area (Å²) in [4.78, 5) is 21.4. The Morgan fingerprint density at radius 2 is 2.06 bits per heavy atom. The minimum Gasteiger partial charge on any atom is -0.465 e. The maximum Gasteiger partial charge on any atom is 0.325 e. The average molecular weight is 486 g/mol. The maximum absolute atomic E-state index is 12.4. The Morgan fingerprint density at radius 3 is 2.76 bits per heavy atom. The molecule has 1 N–H and O–H groups in total. The third kappa shape index (κ3) is 5.42. The second-order valence-electron chi connectivity index (χ2n) is 8.85. The summed E-state index contributed by atoms with van der Waals surface area (Å²) in [6.45, 7) is 12.3. The Hall–Kier alpha value is -2.49. The molecule has 34 heavy (non-hydrogen) atoms. The van der Waals surface area contributed by atoms with E-state index in [1.165, 1.54) is 11.4 Å². The largest absolute Gasteiger partial charge is 0.465 e. The van der Waals surface area contributed by atoms with Crippen LogP contribution in [-0.4, -0.2) is 76.4 Å². The molecule has 184 valence electrons. The third-order valence-electron chi connectivity index (χ3n) is 6.69. The van der Waals surface area contributed by atoms with Crippen molar-refractivity contribution in [1.29, 1.82) is 0 Å². The van der Waals surface area contributed by atoms with Crippen molar-refractivity contribution in [2.24, 2.45) is 0 Å². The van der Waals surface area contributed by atoms with Gasteiger partial charge in [0.2, 0.25) is 0 Å². The number of hydrogen-bond donors (Lipinski definition) is 1. The number of ether oxygens (including phenoxy) is 2. The van der Waals surface area contributed by atoms with Gasteiger partial charge in [0.1, 0.15) is 6.54 Å². The van der Waals surface area contributed by atoms with Crippen LogP contribution in [0.15, 0.2) is 30.5 Å². The summed E-state index contributed by atoms with van der Waals surface area (Å²) in [6, 6.07) is 7.83. The minimum atomic E-state index is -0.280. The number of pyridine rings is 1. The van der Waals surface area contributed by atoms with Crippen LogP contribution in [-0.2, 0) is 20.8 Å². The van der Waals surface area contributed by atoms with E-state index < -0.39 is 0 Å². The Morgan fingerprint density at radius 1 is 1.26 bits per heavy atom. The molecule has 0 amide bonds. The number of hydrogen-bond acceptors (Lipinski definition) is 6. The lowest BCUT2D eigenvalue weighted by molar-refractivity contribution is -0.143. The van der Waals surface area contributed by atoms with Crippen molar-refractivity contribution in [3.63, 3.8) is 0 Å². The highest BCUT2D eigenvalue weighted by Crippen LogP contribution is 2.40. The van der Waals surface area contributed by atoms with E-state index in [1.54, 1.807) is 6.20 Å². The normalized spacial score (nSPS) is 21.0. The summed E-state index contributed by atoms with van der Waals surface area (Å²) < 4.78 is 13.1. The van der Waals surface area contributed by atoms with E-state index in [9.17, 15) is 4.79 Å². The molecule has 2 aromatic rings. The van der Waals surface area contributed by atoms with Gasteiger partial charge in [-0.3, -0.25) is 14.7 Å². The van der Waals surface area contributed by atoms with Crippen molar-refractivity contribution < 1.29 is 14.3 Å². The van der Waals surface area contributed by atoms with Crippen LogP contribution >= 0.6 is 12.2 Å². The van der Waals surface area contributed by atoms with Gasteiger partial charge >= 0.3 is 5.97 Å². The van der Waals surface area contributed by atoms with E-state index >= 15 is 0 Å². The standard InChI is InChI=1S/C25H35N5O3S/c1-4-33-22(31)17-30-24(23(27-25(30)34)21-8-5-6-9-26-21)20-16-18(2)29(19(20)3)11-7-10-28-12-14-32-15-13-28/h5-6,8-9,16,23-24H,4,7,10-15,17H2,1-3H3,(H,27,34)/t23-,24+/m0/s1. The zero-order valence-electron chi connectivity index (χ0n) is 20.3. The van der Waals surface area contributed by atoms with Crippen LogP contribution in [0.1, 0.15) is 48.1 Å². The van der Waals surface area contributed by atoms with Gasteiger partial charge in [-0.1, -0.05) is 6.07 Å². The fourth-order valence-corrected chi connectivity index (χ4v) is 5.31. The van der Waals surface area contributed by atoms with Gasteiger partial charge in [0.05, 0.1) is 37.6 Å². The van der Waals surface area contributed by atoms with Crippen LogP contribution in [0.3, 0.4) is 0 Å². The first kappa shape index (κ1) is 24.6. The molecule has 2 atom stereocenters. The zero-order chi connectivity index (χ0) is 24.1. The van der Waals surface area contributed by atoms with Crippen LogP contribution in [0.2, 0.25) is 0 Å². The molecule has 2 fully saturated rings. The highest BCUT2D eigenvalue weighted by molar-refractivity contribution is 7.80. The summed E-state index contributed by atoms with van der Waals surface area (Å²) >= 11 is 5.68. The maximum atomic E-state index is 12.4. The van der Waals surface area contributed by atoms with E-state index in [-0.39, 0.29) is 24.6 Å². The Labute approximate surface area is 207 Å². The van der Waals surface area contributed by atoms with Gasteiger partial charge in [-0.05, 0) is 63.2 Å². The summed E-state index contributed by atoms with van der Waals surface area (Å²) in [7, 11) is 0. The monoisotopic (exact) mass is 485 g/mol. The number of aromatic nitrogens is 2. The Kier molecular flexibility index (Phi) is 8.18. The molecule has 0 spiro atoms. The van der Waals surface area contributed by atoms with Crippen molar-refractivity contribution in [1.82, 2.24) is 24.7 Å². The number of aryl methyl sites for hydroxylation is 1. The number of morpholine rings is 1. The summed E-state index contributed by atoms with van der Waals surface area (Å²) in [5, 5.41) is 3.96. The average Bonchev–Trinajstić information content (AvgIpc) is 3.31. The van der Waals surface area contributed by atoms with Gasteiger partial charge in [-0.25, -0.2) is 0 Å². The van der Waals surface area contributed by atoms with E-state index in [1.807, 2.05) is 30.0 Å². The van der Waals surface area contributed by atoms with Crippen molar-refractivity contribution in [2.45, 2.75) is 45.8 Å². The van der Waals surface area contributed by atoms with E-state index in [0.717, 1.165) is 57.1 Å². The molecule has 4 heterocycles. The molecule has 2 aliphatic rings. The van der Waals surface area contributed by atoms with E-state index in [0.29, 0.717) is 11.7 Å². The van der Waals surface area contributed by atoms with Crippen molar-refractivity contribution >= 4 is 23.3 Å². The number of rotatable bonds is 9. The van der Waals surface area contributed by atoms with Crippen molar-refractivity contribution in [3.8, 4) is 0 Å². The molecule has 8 nitrogen and oxygen atoms in total. The minimum absolute atomic E-state index is 0.106. The fraction of sp³-hybridized carbons (Fsp3) is 0.560. The fourth-order valence-electron chi connectivity index (χ4n) is 5.01. The SMILES string of the molecule is CCOC(=O)CN1C(=S)N[C@@H](c2ccccn2)[C@H]1c1cc(C)n(CCCN2CCOCC2)c1C. The molecule has 0 saturated carbocycles. The van der Waals surface area contributed by atoms with Gasteiger partial charge < -0.3 is 24.3 Å². The Bertz CT molecular complexity index is 990. The van der Waals surface area contributed by atoms with Gasteiger partial charge in [0.15, 0.2) is 5.11 Å². The summed E-state index contributed by atoms with van der Waals surface area (Å²) in [5.74, 6) is -0.280. The first-order valence-electron chi connectivity index (χ1n) is 12.1. The number of thiocarbonyl (C=S) groups is 1. The molecule has 0 aromatic carbocycles.